The summed E-state index contributed by atoms with van der Waals surface area (Å²) in [6, 6.07) is 3.61. The highest BCUT2D eigenvalue weighted by molar-refractivity contribution is 8.01. The van der Waals surface area contributed by atoms with Gasteiger partial charge in [0.1, 0.15) is 5.01 Å². The Kier molecular flexibility index (Phi) is 3.76. The molecule has 9 heteroatoms. The second kappa shape index (κ2) is 5.33. The van der Waals surface area contributed by atoms with Gasteiger partial charge < -0.3 is 5.11 Å². The summed E-state index contributed by atoms with van der Waals surface area (Å²) in [6.07, 6.45) is 0. The molecule has 1 N–H and O–H groups in total. The Morgan fingerprint density at radius 1 is 1.47 bits per heavy atom. The number of aromatic nitrogens is 2. The van der Waals surface area contributed by atoms with Gasteiger partial charge in [-0.3, -0.25) is 10.1 Å². The smallest absolute Gasteiger partial charge is 0.336 e. The van der Waals surface area contributed by atoms with Crippen LogP contribution in [0.5, 0.6) is 0 Å². The van der Waals surface area contributed by atoms with E-state index in [0.29, 0.717) is 4.34 Å². The number of nitro benzene ring substituents is 1. The number of carboxylic acid groups (broad SMARTS) is 1. The summed E-state index contributed by atoms with van der Waals surface area (Å²) in [7, 11) is 0. The van der Waals surface area contributed by atoms with Crippen molar-refractivity contribution in [3.63, 3.8) is 0 Å². The summed E-state index contributed by atoms with van der Waals surface area (Å²) in [6.45, 7) is 1.77. The molecule has 2 aromatic rings. The molecule has 0 saturated heterocycles. The summed E-state index contributed by atoms with van der Waals surface area (Å²) in [4.78, 5) is 21.5. The van der Waals surface area contributed by atoms with Gasteiger partial charge in [-0.1, -0.05) is 23.1 Å². The molecule has 0 unspecified atom stereocenters. The van der Waals surface area contributed by atoms with Crippen molar-refractivity contribution in [3.8, 4) is 0 Å². The molecular weight excluding hydrogens is 290 g/mol. The standard InChI is InChI=1S/C10H7N3O4S2/c1-5-11-12-10(18-5)19-8-4-6(13(16)17)2-3-7(8)9(14)15/h2-4H,1H3,(H,14,15). The molecule has 1 aromatic carbocycles. The highest BCUT2D eigenvalue weighted by atomic mass is 32.2. The van der Waals surface area contributed by atoms with Gasteiger partial charge >= 0.3 is 5.97 Å². The van der Waals surface area contributed by atoms with E-state index in [4.69, 9.17) is 5.11 Å². The summed E-state index contributed by atoms with van der Waals surface area (Å²) in [5.74, 6) is -1.14. The number of hydrogen-bond acceptors (Lipinski definition) is 7. The number of nitro groups is 1. The minimum Gasteiger partial charge on any atom is -0.478 e. The molecule has 0 aliphatic carbocycles. The van der Waals surface area contributed by atoms with Gasteiger partial charge in [-0.15, -0.1) is 10.2 Å². The number of carboxylic acids is 1. The van der Waals surface area contributed by atoms with E-state index < -0.39 is 10.9 Å². The quantitative estimate of drug-likeness (QED) is 0.682. The maximum Gasteiger partial charge on any atom is 0.336 e. The molecule has 98 valence electrons. The number of hydrogen-bond donors (Lipinski definition) is 1. The van der Waals surface area contributed by atoms with Crippen LogP contribution in [0.2, 0.25) is 0 Å². The predicted molar refractivity (Wildman–Crippen MR) is 68.8 cm³/mol. The normalized spacial score (nSPS) is 10.4. The Bertz CT molecular complexity index is 656. The highest BCUT2D eigenvalue weighted by Gasteiger charge is 2.17. The summed E-state index contributed by atoms with van der Waals surface area (Å²) >= 11 is 2.35. The minimum atomic E-state index is -1.14. The zero-order valence-corrected chi connectivity index (χ0v) is 11.2. The fourth-order valence-corrected chi connectivity index (χ4v) is 3.23. The van der Waals surface area contributed by atoms with Crippen molar-refractivity contribution in [1.29, 1.82) is 0 Å². The van der Waals surface area contributed by atoms with E-state index in [1.807, 2.05) is 0 Å². The van der Waals surface area contributed by atoms with Gasteiger partial charge in [0, 0.05) is 17.0 Å². The van der Waals surface area contributed by atoms with Crippen molar-refractivity contribution in [2.45, 2.75) is 16.2 Å². The Morgan fingerprint density at radius 3 is 2.74 bits per heavy atom. The van der Waals surface area contributed by atoms with Crippen molar-refractivity contribution < 1.29 is 14.8 Å². The summed E-state index contributed by atoms with van der Waals surface area (Å²) in [5, 5.41) is 28.2. The SMILES string of the molecule is Cc1nnc(Sc2cc([N+](=O)[O-])ccc2C(=O)O)s1. The molecule has 0 fully saturated rings. The number of non-ortho nitro benzene ring substituents is 1. The van der Waals surface area contributed by atoms with Crippen LogP contribution in [0.15, 0.2) is 27.4 Å². The molecule has 2 rings (SSSR count). The van der Waals surface area contributed by atoms with Crippen LogP contribution < -0.4 is 0 Å². The number of nitrogens with zero attached hydrogens (tertiary/aromatic N) is 3. The molecular formula is C10H7N3O4S2. The van der Waals surface area contributed by atoms with Crippen LogP contribution in [0.4, 0.5) is 5.69 Å². The van der Waals surface area contributed by atoms with Crippen LogP contribution in [-0.2, 0) is 0 Å². The topological polar surface area (TPSA) is 106 Å². The number of aryl methyl sites for hydroxylation is 1. The third-order valence-electron chi connectivity index (χ3n) is 2.11. The zero-order valence-electron chi connectivity index (χ0n) is 9.56. The minimum absolute atomic E-state index is 0.00320. The molecule has 0 atom stereocenters. The third-order valence-corrected chi connectivity index (χ3v) is 4.06. The summed E-state index contributed by atoms with van der Waals surface area (Å²) < 4.78 is 0.542. The Labute approximate surface area is 115 Å². The van der Waals surface area contributed by atoms with Gasteiger partial charge in [0.25, 0.3) is 5.69 Å². The van der Waals surface area contributed by atoms with Crippen LogP contribution in [-0.4, -0.2) is 26.2 Å². The lowest BCUT2D eigenvalue weighted by molar-refractivity contribution is -0.385. The number of aromatic carboxylic acids is 1. The maximum absolute atomic E-state index is 11.1. The van der Waals surface area contributed by atoms with Crippen LogP contribution in [0, 0.1) is 17.0 Å². The van der Waals surface area contributed by atoms with E-state index >= 15 is 0 Å². The maximum atomic E-state index is 11.1. The fourth-order valence-electron chi connectivity index (χ4n) is 1.30. The van der Waals surface area contributed by atoms with Gasteiger partial charge in [-0.25, -0.2) is 4.79 Å². The number of benzene rings is 1. The molecule has 0 spiro atoms. The second-order valence-electron chi connectivity index (χ2n) is 3.43. The van der Waals surface area contributed by atoms with E-state index in [1.165, 1.54) is 29.5 Å². The lowest BCUT2D eigenvalue weighted by atomic mass is 10.2. The Hall–Kier alpha value is -2.00. The van der Waals surface area contributed by atoms with Crippen molar-refractivity contribution in [2.24, 2.45) is 0 Å². The van der Waals surface area contributed by atoms with Crippen LogP contribution >= 0.6 is 23.1 Å². The van der Waals surface area contributed by atoms with Crippen molar-refractivity contribution in [3.05, 3.63) is 38.9 Å². The number of carbonyl (C=O) groups is 1. The number of rotatable bonds is 4. The lowest BCUT2D eigenvalue weighted by Crippen LogP contribution is -2.00. The lowest BCUT2D eigenvalue weighted by Gasteiger charge is -2.02. The average Bonchev–Trinajstić information content (AvgIpc) is 2.74. The van der Waals surface area contributed by atoms with Gasteiger partial charge in [0.2, 0.25) is 0 Å². The molecule has 7 nitrogen and oxygen atoms in total. The van der Waals surface area contributed by atoms with E-state index in [9.17, 15) is 14.9 Å². The van der Waals surface area contributed by atoms with Crippen molar-refractivity contribution in [2.75, 3.05) is 0 Å². The molecule has 19 heavy (non-hydrogen) atoms. The van der Waals surface area contributed by atoms with Gasteiger partial charge in [0.05, 0.1) is 10.5 Å². The predicted octanol–water partition coefficient (Wildman–Crippen LogP) is 2.60. The molecule has 0 aliphatic heterocycles. The van der Waals surface area contributed by atoms with E-state index in [0.717, 1.165) is 16.8 Å². The van der Waals surface area contributed by atoms with Gasteiger partial charge in [-0.2, -0.15) is 0 Å². The van der Waals surface area contributed by atoms with Crippen LogP contribution in [0.1, 0.15) is 15.4 Å². The van der Waals surface area contributed by atoms with Crippen molar-refractivity contribution >= 4 is 34.8 Å². The molecule has 0 aliphatic rings. The summed E-state index contributed by atoms with van der Waals surface area (Å²) in [5.41, 5.74) is -0.155. The average molecular weight is 297 g/mol. The first-order valence-corrected chi connectivity index (χ1v) is 6.60. The monoisotopic (exact) mass is 297 g/mol. The molecule has 1 aromatic heterocycles. The van der Waals surface area contributed by atoms with E-state index in [1.54, 1.807) is 6.92 Å². The van der Waals surface area contributed by atoms with Gasteiger partial charge in [-0.05, 0) is 13.0 Å². The van der Waals surface area contributed by atoms with Crippen LogP contribution in [0.3, 0.4) is 0 Å². The first-order chi connectivity index (χ1) is 8.97. The molecule has 0 amide bonds. The first kappa shape index (κ1) is 13.4. The third kappa shape index (κ3) is 3.06. The van der Waals surface area contributed by atoms with Gasteiger partial charge in [0.15, 0.2) is 4.34 Å². The molecule has 1 heterocycles. The first-order valence-electron chi connectivity index (χ1n) is 4.97. The Morgan fingerprint density at radius 2 is 2.21 bits per heavy atom. The largest absolute Gasteiger partial charge is 0.478 e. The molecule has 0 bridgehead atoms. The second-order valence-corrected chi connectivity index (χ2v) is 5.90. The van der Waals surface area contributed by atoms with Crippen LogP contribution in [0.25, 0.3) is 0 Å². The molecule has 0 radical (unpaired) electrons. The highest BCUT2D eigenvalue weighted by Crippen LogP contribution is 2.34. The van der Waals surface area contributed by atoms with Crippen molar-refractivity contribution in [1.82, 2.24) is 10.2 Å². The van der Waals surface area contributed by atoms with E-state index in [-0.39, 0.29) is 16.1 Å². The fraction of sp³-hybridized carbons (Fsp3) is 0.100. The Balaban J connectivity index is 2.42. The zero-order chi connectivity index (χ0) is 14.0. The van der Waals surface area contributed by atoms with E-state index in [2.05, 4.69) is 10.2 Å². The molecule has 0 saturated carbocycles.